The summed E-state index contributed by atoms with van der Waals surface area (Å²) in [4.78, 5) is 11.7. The fourth-order valence-electron chi connectivity index (χ4n) is 1.67. The van der Waals surface area contributed by atoms with Crippen molar-refractivity contribution in [2.75, 3.05) is 6.54 Å². The van der Waals surface area contributed by atoms with Crippen LogP contribution in [0.4, 0.5) is 4.39 Å². The molecule has 4 heteroatoms. The molecule has 1 N–H and O–H groups in total. The molecule has 1 fully saturated rings. The summed E-state index contributed by atoms with van der Waals surface area (Å²) in [6.45, 7) is 0.730. The van der Waals surface area contributed by atoms with Gasteiger partial charge in [0.15, 0.2) is 0 Å². The van der Waals surface area contributed by atoms with E-state index in [4.69, 9.17) is 0 Å². The molecule has 2 nitrogen and oxygen atoms in total. The number of hydrogen-bond donors (Lipinski definition) is 1. The Morgan fingerprint density at radius 3 is 2.81 bits per heavy atom. The minimum absolute atomic E-state index is 0.132. The van der Waals surface area contributed by atoms with Gasteiger partial charge in [-0.05, 0) is 52.9 Å². The molecule has 16 heavy (non-hydrogen) atoms. The molecule has 0 aliphatic heterocycles. The third-order valence-electron chi connectivity index (χ3n) is 2.96. The first-order chi connectivity index (χ1) is 7.66. The van der Waals surface area contributed by atoms with Crippen LogP contribution in [0.2, 0.25) is 0 Å². The van der Waals surface area contributed by atoms with Crippen molar-refractivity contribution >= 4 is 21.8 Å². The van der Waals surface area contributed by atoms with Gasteiger partial charge in [-0.1, -0.05) is 6.42 Å². The largest absolute Gasteiger partial charge is 0.352 e. The monoisotopic (exact) mass is 285 g/mol. The number of benzene rings is 1. The average Bonchev–Trinajstić information content (AvgIpc) is 2.19. The summed E-state index contributed by atoms with van der Waals surface area (Å²) in [5.41, 5.74) is 0.493. The molecule has 0 spiro atoms. The Balaban J connectivity index is 1.94. The standard InChI is InChI=1S/C12H13BrFNO/c13-10-6-9(4-5-11(10)14)12(16)15-7-8-2-1-3-8/h4-6,8H,1-3,7H2,(H,15,16). The number of amides is 1. The van der Waals surface area contributed by atoms with Crippen LogP contribution >= 0.6 is 15.9 Å². The highest BCUT2D eigenvalue weighted by atomic mass is 79.9. The van der Waals surface area contributed by atoms with E-state index < -0.39 is 0 Å². The topological polar surface area (TPSA) is 29.1 Å². The minimum Gasteiger partial charge on any atom is -0.352 e. The van der Waals surface area contributed by atoms with Crippen LogP contribution in [-0.4, -0.2) is 12.5 Å². The van der Waals surface area contributed by atoms with Gasteiger partial charge in [-0.3, -0.25) is 4.79 Å². The maximum absolute atomic E-state index is 13.0. The molecule has 1 aromatic carbocycles. The third kappa shape index (κ3) is 2.61. The lowest BCUT2D eigenvalue weighted by Crippen LogP contribution is -2.32. The lowest BCUT2D eigenvalue weighted by atomic mass is 9.85. The summed E-state index contributed by atoms with van der Waals surface area (Å²) in [5.74, 6) is 0.149. The van der Waals surface area contributed by atoms with Crippen molar-refractivity contribution in [1.29, 1.82) is 0 Å². The highest BCUT2D eigenvalue weighted by molar-refractivity contribution is 9.10. The van der Waals surface area contributed by atoms with Gasteiger partial charge in [0.05, 0.1) is 4.47 Å². The fourth-order valence-corrected chi connectivity index (χ4v) is 2.05. The molecule has 0 saturated heterocycles. The summed E-state index contributed by atoms with van der Waals surface area (Å²) in [6, 6.07) is 4.30. The van der Waals surface area contributed by atoms with Crippen LogP contribution in [0, 0.1) is 11.7 Å². The lowest BCUT2D eigenvalue weighted by Gasteiger charge is -2.25. The molecular weight excluding hydrogens is 273 g/mol. The summed E-state index contributed by atoms with van der Waals surface area (Å²) in [7, 11) is 0. The van der Waals surface area contributed by atoms with Crippen molar-refractivity contribution in [1.82, 2.24) is 5.32 Å². The van der Waals surface area contributed by atoms with E-state index in [0.717, 1.165) is 6.54 Å². The average molecular weight is 286 g/mol. The predicted molar refractivity (Wildman–Crippen MR) is 63.8 cm³/mol. The van der Waals surface area contributed by atoms with Crippen molar-refractivity contribution < 1.29 is 9.18 Å². The molecule has 0 atom stereocenters. The molecule has 0 unspecified atom stereocenters. The quantitative estimate of drug-likeness (QED) is 0.908. The van der Waals surface area contributed by atoms with E-state index in [-0.39, 0.29) is 11.7 Å². The number of nitrogens with one attached hydrogen (secondary N) is 1. The van der Waals surface area contributed by atoms with Crippen molar-refractivity contribution in [2.45, 2.75) is 19.3 Å². The van der Waals surface area contributed by atoms with E-state index in [1.165, 1.54) is 37.5 Å². The molecule has 0 radical (unpaired) electrons. The zero-order valence-electron chi connectivity index (χ0n) is 8.80. The minimum atomic E-state index is -0.351. The second-order valence-electron chi connectivity index (χ2n) is 4.14. The molecule has 1 amide bonds. The fraction of sp³-hybridized carbons (Fsp3) is 0.417. The summed E-state index contributed by atoms with van der Waals surface area (Å²) < 4.78 is 13.3. The number of carbonyl (C=O) groups excluding carboxylic acids is 1. The molecule has 86 valence electrons. The molecule has 0 heterocycles. The summed E-state index contributed by atoms with van der Waals surface area (Å²) >= 11 is 3.06. The number of carbonyl (C=O) groups is 1. The van der Waals surface area contributed by atoms with Gasteiger partial charge in [-0.2, -0.15) is 0 Å². The van der Waals surface area contributed by atoms with Gasteiger partial charge >= 0.3 is 0 Å². The van der Waals surface area contributed by atoms with Crippen LogP contribution in [0.3, 0.4) is 0 Å². The van der Waals surface area contributed by atoms with Gasteiger partial charge < -0.3 is 5.32 Å². The van der Waals surface area contributed by atoms with Crippen LogP contribution in [0.1, 0.15) is 29.6 Å². The van der Waals surface area contributed by atoms with Crippen molar-refractivity contribution in [3.05, 3.63) is 34.1 Å². The number of halogens is 2. The van der Waals surface area contributed by atoms with Gasteiger partial charge in [0, 0.05) is 12.1 Å². The van der Waals surface area contributed by atoms with Gasteiger partial charge in [-0.25, -0.2) is 4.39 Å². The molecule has 1 aromatic rings. The van der Waals surface area contributed by atoms with E-state index in [2.05, 4.69) is 21.2 Å². The van der Waals surface area contributed by atoms with Crippen LogP contribution in [0.25, 0.3) is 0 Å². The van der Waals surface area contributed by atoms with Crippen LogP contribution < -0.4 is 5.32 Å². The zero-order valence-corrected chi connectivity index (χ0v) is 10.4. The maximum atomic E-state index is 13.0. The van der Waals surface area contributed by atoms with E-state index in [1.54, 1.807) is 0 Å². The smallest absolute Gasteiger partial charge is 0.251 e. The van der Waals surface area contributed by atoms with E-state index in [0.29, 0.717) is 16.0 Å². The Hall–Kier alpha value is -0.900. The first-order valence-electron chi connectivity index (χ1n) is 5.40. The van der Waals surface area contributed by atoms with E-state index >= 15 is 0 Å². The van der Waals surface area contributed by atoms with Gasteiger partial charge in [-0.15, -0.1) is 0 Å². The van der Waals surface area contributed by atoms with E-state index in [1.807, 2.05) is 0 Å². The van der Waals surface area contributed by atoms with Crippen LogP contribution in [0.15, 0.2) is 22.7 Å². The number of rotatable bonds is 3. The van der Waals surface area contributed by atoms with Crippen LogP contribution in [-0.2, 0) is 0 Å². The Labute approximate surface area is 102 Å². The molecule has 1 saturated carbocycles. The Morgan fingerprint density at radius 1 is 1.50 bits per heavy atom. The molecule has 1 aliphatic rings. The highest BCUT2D eigenvalue weighted by Crippen LogP contribution is 2.25. The van der Waals surface area contributed by atoms with Crippen molar-refractivity contribution in [3.63, 3.8) is 0 Å². The molecule has 0 bridgehead atoms. The predicted octanol–water partition coefficient (Wildman–Crippen LogP) is 3.12. The third-order valence-corrected chi connectivity index (χ3v) is 3.57. The molecular formula is C12H13BrFNO. The molecule has 1 aliphatic carbocycles. The van der Waals surface area contributed by atoms with E-state index in [9.17, 15) is 9.18 Å². The Kier molecular flexibility index (Phi) is 3.59. The van der Waals surface area contributed by atoms with Crippen molar-refractivity contribution in [2.24, 2.45) is 5.92 Å². The van der Waals surface area contributed by atoms with Gasteiger partial charge in [0.1, 0.15) is 5.82 Å². The first kappa shape index (κ1) is 11.6. The summed E-state index contributed by atoms with van der Waals surface area (Å²) in [6.07, 6.45) is 3.67. The highest BCUT2D eigenvalue weighted by Gasteiger charge is 2.18. The van der Waals surface area contributed by atoms with Gasteiger partial charge in [0.25, 0.3) is 5.91 Å². The zero-order chi connectivity index (χ0) is 11.5. The lowest BCUT2D eigenvalue weighted by molar-refractivity contribution is 0.0939. The molecule has 0 aromatic heterocycles. The SMILES string of the molecule is O=C(NCC1CCC1)c1ccc(F)c(Br)c1. The molecule has 2 rings (SSSR count). The number of hydrogen-bond acceptors (Lipinski definition) is 1. The Morgan fingerprint density at radius 2 is 2.25 bits per heavy atom. The Bertz CT molecular complexity index is 404. The van der Waals surface area contributed by atoms with Crippen LogP contribution in [0.5, 0.6) is 0 Å². The normalized spacial score (nSPS) is 15.6. The summed E-state index contributed by atoms with van der Waals surface area (Å²) in [5, 5.41) is 2.87. The maximum Gasteiger partial charge on any atom is 0.251 e. The first-order valence-corrected chi connectivity index (χ1v) is 6.19. The van der Waals surface area contributed by atoms with Crippen molar-refractivity contribution in [3.8, 4) is 0 Å². The van der Waals surface area contributed by atoms with Gasteiger partial charge in [0.2, 0.25) is 0 Å². The second kappa shape index (κ2) is 4.95. The second-order valence-corrected chi connectivity index (χ2v) is 4.99.